The van der Waals surface area contributed by atoms with Crippen molar-refractivity contribution in [2.75, 3.05) is 25.0 Å². The van der Waals surface area contributed by atoms with Gasteiger partial charge < -0.3 is 19.9 Å². The Bertz CT molecular complexity index is 1270. The van der Waals surface area contributed by atoms with Crippen LogP contribution >= 0.6 is 0 Å². The number of anilines is 1. The smallest absolute Gasteiger partial charge is 0.322 e. The third-order valence-corrected chi connectivity index (χ3v) is 6.43. The molecule has 0 aliphatic carbocycles. The summed E-state index contributed by atoms with van der Waals surface area (Å²) in [6.45, 7) is 10.2. The van der Waals surface area contributed by atoms with Crippen molar-refractivity contribution in [1.29, 1.82) is 0 Å². The Hall–Kier alpha value is -3.80. The highest BCUT2D eigenvalue weighted by atomic mass is 16.5. The first-order valence-electron chi connectivity index (χ1n) is 11.7. The number of aliphatic imine (C=N–C) groups is 1. The third-order valence-electron chi connectivity index (χ3n) is 6.43. The van der Waals surface area contributed by atoms with Crippen molar-refractivity contribution in [2.45, 2.75) is 33.7 Å². The maximum atomic E-state index is 13.0. The van der Waals surface area contributed by atoms with Crippen LogP contribution < -0.4 is 10.1 Å². The van der Waals surface area contributed by atoms with Crippen LogP contribution in [0.1, 0.15) is 29.2 Å². The second-order valence-electron chi connectivity index (χ2n) is 9.29. The van der Waals surface area contributed by atoms with Crippen LogP contribution in [0.5, 0.6) is 11.5 Å². The molecule has 2 aliphatic heterocycles. The van der Waals surface area contributed by atoms with Crippen molar-refractivity contribution in [3.63, 3.8) is 0 Å². The predicted octanol–water partition coefficient (Wildman–Crippen LogP) is 6.03. The lowest BCUT2D eigenvalue weighted by atomic mass is 10.1. The lowest BCUT2D eigenvalue weighted by molar-refractivity contribution is 0.145. The summed E-state index contributed by atoms with van der Waals surface area (Å²) >= 11 is 0. The minimum Gasteiger partial charge on any atom is -0.454 e. The van der Waals surface area contributed by atoms with Gasteiger partial charge in [-0.2, -0.15) is 0 Å². The number of amidine groups is 1. The van der Waals surface area contributed by atoms with Gasteiger partial charge in [-0.1, -0.05) is 35.4 Å². The minimum atomic E-state index is -0.0702. The van der Waals surface area contributed by atoms with E-state index in [1.807, 2.05) is 54.3 Å². The molecule has 2 amide bonds. The summed E-state index contributed by atoms with van der Waals surface area (Å²) < 4.78 is 6.30. The van der Waals surface area contributed by atoms with Crippen molar-refractivity contribution < 1.29 is 9.53 Å². The van der Waals surface area contributed by atoms with Gasteiger partial charge >= 0.3 is 6.03 Å². The van der Waals surface area contributed by atoms with Crippen molar-refractivity contribution in [2.24, 2.45) is 4.99 Å². The summed E-state index contributed by atoms with van der Waals surface area (Å²) in [5, 5.41) is 3.03. The van der Waals surface area contributed by atoms with E-state index in [0.717, 1.165) is 45.4 Å². The number of amides is 2. The molecule has 0 unspecified atom stereocenters. The highest BCUT2D eigenvalue weighted by molar-refractivity contribution is 6.04. The Labute approximate surface area is 200 Å². The van der Waals surface area contributed by atoms with Gasteiger partial charge in [0.15, 0.2) is 5.75 Å². The molecule has 0 radical (unpaired) electrons. The van der Waals surface area contributed by atoms with Crippen molar-refractivity contribution in [1.82, 2.24) is 9.80 Å². The van der Waals surface area contributed by atoms with Gasteiger partial charge in [0, 0.05) is 31.4 Å². The number of carbonyl (C=O) groups is 1. The number of urea groups is 1. The first-order chi connectivity index (χ1) is 16.4. The zero-order chi connectivity index (χ0) is 23.8. The van der Waals surface area contributed by atoms with Gasteiger partial charge in [-0.15, -0.1) is 0 Å². The number of aryl methyl sites for hydroxylation is 3. The van der Waals surface area contributed by atoms with Gasteiger partial charge in [-0.05, 0) is 69.7 Å². The first kappa shape index (κ1) is 22.0. The van der Waals surface area contributed by atoms with Crippen LogP contribution in [0.2, 0.25) is 0 Å². The van der Waals surface area contributed by atoms with Gasteiger partial charge in [-0.3, -0.25) is 0 Å². The van der Waals surface area contributed by atoms with E-state index >= 15 is 0 Å². The fourth-order valence-corrected chi connectivity index (χ4v) is 4.52. The van der Waals surface area contributed by atoms with Crippen LogP contribution in [0.25, 0.3) is 0 Å². The van der Waals surface area contributed by atoms with E-state index in [2.05, 4.69) is 49.2 Å². The van der Waals surface area contributed by atoms with Crippen LogP contribution in [-0.2, 0) is 0 Å². The number of piperazine rings is 1. The number of ether oxygens (including phenoxy) is 1. The topological polar surface area (TPSA) is 57.2 Å². The largest absolute Gasteiger partial charge is 0.454 e. The zero-order valence-corrected chi connectivity index (χ0v) is 20.1. The second-order valence-corrected chi connectivity index (χ2v) is 9.29. The van der Waals surface area contributed by atoms with E-state index in [-0.39, 0.29) is 12.1 Å². The highest BCUT2D eigenvalue weighted by Gasteiger charge is 2.31. The molecule has 1 N–H and O–H groups in total. The molecule has 2 aliphatic rings. The molecule has 6 heteroatoms. The Balaban J connectivity index is 1.40. The Kier molecular flexibility index (Phi) is 5.74. The average molecular weight is 455 g/mol. The summed E-state index contributed by atoms with van der Waals surface area (Å²) in [6.07, 6.45) is 0. The maximum Gasteiger partial charge on any atom is 0.322 e. The Morgan fingerprint density at radius 3 is 2.38 bits per heavy atom. The normalized spacial score (nSPS) is 17.2. The van der Waals surface area contributed by atoms with E-state index < -0.39 is 0 Å². The molecule has 174 valence electrons. The van der Waals surface area contributed by atoms with Crippen molar-refractivity contribution in [3.8, 4) is 11.5 Å². The van der Waals surface area contributed by atoms with Crippen LogP contribution in [0.3, 0.4) is 0 Å². The molecule has 0 aromatic heterocycles. The quantitative estimate of drug-likeness (QED) is 0.488. The molecule has 3 aromatic carbocycles. The SMILES string of the molecule is Cc1ccc(NC(=O)N2CCN(C3=Nc4ccc(C)cc4Oc4ccc(C)cc43)C[C@@H]2C)cc1. The summed E-state index contributed by atoms with van der Waals surface area (Å²) in [5.41, 5.74) is 6.07. The van der Waals surface area contributed by atoms with Crippen LogP contribution in [0, 0.1) is 20.8 Å². The van der Waals surface area contributed by atoms with E-state index in [1.165, 1.54) is 5.56 Å². The standard InChI is InChI=1S/C28H30N4O2/c1-18-5-9-22(10-6-18)29-28(33)32-14-13-31(17-21(32)4)27-23-15-19(2)8-12-25(23)34-26-16-20(3)7-11-24(26)30-27/h5-12,15-16,21H,13-14,17H2,1-4H3,(H,29,33)/t21-/m0/s1. The van der Waals surface area contributed by atoms with E-state index in [1.54, 1.807) is 0 Å². The molecule has 1 saturated heterocycles. The molecular weight excluding hydrogens is 424 g/mol. The number of nitrogens with zero attached hydrogens (tertiary/aromatic N) is 3. The van der Waals surface area contributed by atoms with Crippen LogP contribution in [-0.4, -0.2) is 47.3 Å². The van der Waals surface area contributed by atoms with Gasteiger partial charge in [0.25, 0.3) is 0 Å². The average Bonchev–Trinajstić information content (AvgIpc) is 2.96. The lowest BCUT2D eigenvalue weighted by Crippen LogP contribution is -2.56. The lowest BCUT2D eigenvalue weighted by Gasteiger charge is -2.41. The number of carbonyl (C=O) groups excluding carboxylic acids is 1. The predicted molar refractivity (Wildman–Crippen MR) is 137 cm³/mol. The summed E-state index contributed by atoms with van der Waals surface area (Å²) in [5.74, 6) is 2.47. The molecule has 1 fully saturated rings. The van der Waals surface area contributed by atoms with Gasteiger partial charge in [0.2, 0.25) is 0 Å². The highest BCUT2D eigenvalue weighted by Crippen LogP contribution is 2.39. The molecular formula is C28H30N4O2. The van der Waals surface area contributed by atoms with E-state index in [9.17, 15) is 4.79 Å². The van der Waals surface area contributed by atoms with Crippen LogP contribution in [0.15, 0.2) is 65.7 Å². The molecule has 1 atom stereocenters. The molecule has 6 nitrogen and oxygen atoms in total. The second kappa shape index (κ2) is 8.86. The van der Waals surface area contributed by atoms with Crippen molar-refractivity contribution in [3.05, 3.63) is 82.9 Å². The van der Waals surface area contributed by atoms with E-state index in [4.69, 9.17) is 9.73 Å². The maximum absolute atomic E-state index is 13.0. The van der Waals surface area contributed by atoms with E-state index in [0.29, 0.717) is 19.6 Å². The third kappa shape index (κ3) is 4.36. The molecule has 5 rings (SSSR count). The summed E-state index contributed by atoms with van der Waals surface area (Å²) in [7, 11) is 0. The molecule has 0 bridgehead atoms. The number of rotatable bonds is 1. The molecule has 2 heterocycles. The monoisotopic (exact) mass is 454 g/mol. The summed E-state index contributed by atoms with van der Waals surface area (Å²) in [6, 6.07) is 20.1. The van der Waals surface area contributed by atoms with Gasteiger partial charge in [0.1, 0.15) is 17.3 Å². The number of fused-ring (bicyclic) bond motifs is 2. The van der Waals surface area contributed by atoms with Gasteiger partial charge in [-0.25, -0.2) is 9.79 Å². The summed E-state index contributed by atoms with van der Waals surface area (Å²) in [4.78, 5) is 22.2. The number of benzene rings is 3. The molecule has 3 aromatic rings. The fraction of sp³-hybridized carbons (Fsp3) is 0.286. The Morgan fingerprint density at radius 2 is 1.62 bits per heavy atom. The zero-order valence-electron chi connectivity index (χ0n) is 20.1. The fourth-order valence-electron chi connectivity index (χ4n) is 4.52. The number of hydrogen-bond donors (Lipinski definition) is 1. The van der Waals surface area contributed by atoms with Gasteiger partial charge in [0.05, 0.1) is 5.56 Å². The van der Waals surface area contributed by atoms with Crippen molar-refractivity contribution >= 4 is 23.2 Å². The molecule has 34 heavy (non-hydrogen) atoms. The molecule has 0 saturated carbocycles. The first-order valence-corrected chi connectivity index (χ1v) is 11.7. The van der Waals surface area contributed by atoms with Crippen LogP contribution in [0.4, 0.5) is 16.2 Å². The number of nitrogens with one attached hydrogen (secondary N) is 1. The number of hydrogen-bond acceptors (Lipinski definition) is 4. The Morgan fingerprint density at radius 1 is 0.912 bits per heavy atom. The minimum absolute atomic E-state index is 0.0248. The molecule has 0 spiro atoms.